The first-order valence-corrected chi connectivity index (χ1v) is 7.79. The Hall–Kier alpha value is -0.900. The number of ether oxygens (including phenoxy) is 1. The van der Waals surface area contributed by atoms with Gasteiger partial charge in [-0.15, -0.1) is 0 Å². The first-order valence-electron chi connectivity index (χ1n) is 7.79. The molecule has 2 unspecified atom stereocenters. The Balaban J connectivity index is 1.83. The van der Waals surface area contributed by atoms with Crippen molar-refractivity contribution in [1.29, 1.82) is 0 Å². The summed E-state index contributed by atoms with van der Waals surface area (Å²) in [4.78, 5) is 2.67. The van der Waals surface area contributed by atoms with Gasteiger partial charge in [0, 0.05) is 37.3 Å². The number of rotatable bonds is 2. The lowest BCUT2D eigenvalue weighted by atomic mass is 9.92. The van der Waals surface area contributed by atoms with Gasteiger partial charge in [-0.05, 0) is 32.3 Å². The molecule has 3 heteroatoms. The van der Waals surface area contributed by atoms with Crippen LogP contribution in [0, 0.1) is 0 Å². The number of nitrogens with one attached hydrogen (secondary N) is 1. The molecule has 110 valence electrons. The molecule has 3 rings (SSSR count). The van der Waals surface area contributed by atoms with E-state index < -0.39 is 0 Å². The summed E-state index contributed by atoms with van der Waals surface area (Å²) in [5, 5.41) is 3.69. The van der Waals surface area contributed by atoms with E-state index in [0.29, 0.717) is 12.1 Å². The highest BCUT2D eigenvalue weighted by Gasteiger charge is 2.37. The van der Waals surface area contributed by atoms with Gasteiger partial charge in [-0.25, -0.2) is 0 Å². The molecule has 2 atom stereocenters. The quantitative estimate of drug-likeness (QED) is 0.897. The highest BCUT2D eigenvalue weighted by molar-refractivity contribution is 5.21. The number of hydrogen-bond donors (Lipinski definition) is 1. The summed E-state index contributed by atoms with van der Waals surface area (Å²) in [6.07, 6.45) is 2.45. The summed E-state index contributed by atoms with van der Waals surface area (Å²) < 4.78 is 5.73. The first kappa shape index (κ1) is 14.1. The standard InChI is InChI=1S/C17H26N2O/c1-17(2)13-19(15-9-6-10-20-12-15)16(11-18-17)14-7-4-3-5-8-14/h3-5,7-8,15-16,18H,6,9-13H2,1-2H3. The maximum absolute atomic E-state index is 5.73. The predicted molar refractivity (Wildman–Crippen MR) is 81.8 cm³/mol. The molecular weight excluding hydrogens is 248 g/mol. The molecule has 2 aliphatic heterocycles. The zero-order valence-electron chi connectivity index (χ0n) is 12.6. The number of nitrogens with zero attached hydrogens (tertiary/aromatic N) is 1. The van der Waals surface area contributed by atoms with Crippen molar-refractivity contribution in [1.82, 2.24) is 10.2 Å². The molecular formula is C17H26N2O. The fourth-order valence-electron chi connectivity index (χ4n) is 3.47. The van der Waals surface area contributed by atoms with Gasteiger partial charge in [0.1, 0.15) is 0 Å². The van der Waals surface area contributed by atoms with Crippen molar-refractivity contribution >= 4 is 0 Å². The summed E-state index contributed by atoms with van der Waals surface area (Å²) in [6.45, 7) is 8.52. The maximum Gasteiger partial charge on any atom is 0.0622 e. The van der Waals surface area contributed by atoms with Crippen LogP contribution in [0.25, 0.3) is 0 Å². The molecule has 0 saturated carbocycles. The molecule has 0 amide bonds. The Morgan fingerprint density at radius 2 is 2.05 bits per heavy atom. The molecule has 1 aromatic rings. The van der Waals surface area contributed by atoms with Crippen molar-refractivity contribution in [2.75, 3.05) is 26.3 Å². The molecule has 1 aromatic carbocycles. The normalized spacial score (nSPS) is 31.1. The molecule has 1 N–H and O–H groups in total. The van der Waals surface area contributed by atoms with Crippen LogP contribution < -0.4 is 5.32 Å². The number of hydrogen-bond acceptors (Lipinski definition) is 3. The van der Waals surface area contributed by atoms with Crippen LogP contribution in [-0.4, -0.2) is 42.8 Å². The van der Waals surface area contributed by atoms with Gasteiger partial charge in [-0.1, -0.05) is 30.3 Å². The van der Waals surface area contributed by atoms with Gasteiger partial charge in [0.2, 0.25) is 0 Å². The average molecular weight is 274 g/mol. The van der Waals surface area contributed by atoms with Crippen LogP contribution in [0.4, 0.5) is 0 Å². The third kappa shape index (κ3) is 3.05. The van der Waals surface area contributed by atoms with Crippen LogP contribution in [0.15, 0.2) is 30.3 Å². The zero-order chi connectivity index (χ0) is 14.0. The fourth-order valence-corrected chi connectivity index (χ4v) is 3.47. The van der Waals surface area contributed by atoms with Gasteiger partial charge in [0.25, 0.3) is 0 Å². The smallest absolute Gasteiger partial charge is 0.0622 e. The molecule has 2 fully saturated rings. The predicted octanol–water partition coefficient (Wildman–Crippen LogP) is 2.59. The van der Waals surface area contributed by atoms with Crippen molar-refractivity contribution in [2.45, 2.75) is 44.3 Å². The number of piperazine rings is 1. The minimum absolute atomic E-state index is 0.183. The van der Waals surface area contributed by atoms with Crippen molar-refractivity contribution in [2.24, 2.45) is 0 Å². The van der Waals surface area contributed by atoms with E-state index in [-0.39, 0.29) is 5.54 Å². The lowest BCUT2D eigenvalue weighted by molar-refractivity contribution is -0.0263. The van der Waals surface area contributed by atoms with Gasteiger partial charge >= 0.3 is 0 Å². The molecule has 2 heterocycles. The number of benzene rings is 1. The SMILES string of the molecule is CC1(C)CN(C2CCCOC2)C(c2ccccc2)CN1. The van der Waals surface area contributed by atoms with Crippen LogP contribution in [0.2, 0.25) is 0 Å². The summed E-state index contributed by atoms with van der Waals surface area (Å²) in [6, 6.07) is 11.9. The van der Waals surface area contributed by atoms with Gasteiger partial charge < -0.3 is 10.1 Å². The van der Waals surface area contributed by atoms with Crippen molar-refractivity contribution in [3.8, 4) is 0 Å². The van der Waals surface area contributed by atoms with Crippen LogP contribution in [-0.2, 0) is 4.74 Å². The van der Waals surface area contributed by atoms with Gasteiger partial charge in [0.15, 0.2) is 0 Å². The largest absolute Gasteiger partial charge is 0.380 e. The second kappa shape index (κ2) is 5.84. The Morgan fingerprint density at radius 1 is 1.25 bits per heavy atom. The Kier molecular flexibility index (Phi) is 4.11. The molecule has 0 aromatic heterocycles. The Morgan fingerprint density at radius 3 is 2.75 bits per heavy atom. The van der Waals surface area contributed by atoms with E-state index in [1.165, 1.54) is 18.4 Å². The second-order valence-corrected chi connectivity index (χ2v) is 6.73. The monoisotopic (exact) mass is 274 g/mol. The van der Waals surface area contributed by atoms with E-state index in [0.717, 1.165) is 26.3 Å². The van der Waals surface area contributed by atoms with Gasteiger partial charge in [-0.3, -0.25) is 4.90 Å². The molecule has 0 aliphatic carbocycles. The molecule has 3 nitrogen and oxygen atoms in total. The molecule has 0 radical (unpaired) electrons. The van der Waals surface area contributed by atoms with Crippen molar-refractivity contribution < 1.29 is 4.74 Å². The maximum atomic E-state index is 5.73. The molecule has 2 saturated heterocycles. The summed E-state index contributed by atoms with van der Waals surface area (Å²) in [5.41, 5.74) is 1.60. The lowest BCUT2D eigenvalue weighted by Crippen LogP contribution is -2.61. The van der Waals surface area contributed by atoms with Crippen LogP contribution in [0.3, 0.4) is 0 Å². The lowest BCUT2D eigenvalue weighted by Gasteiger charge is -2.49. The van der Waals surface area contributed by atoms with Gasteiger partial charge in [0.05, 0.1) is 6.61 Å². The molecule has 0 spiro atoms. The van der Waals surface area contributed by atoms with E-state index in [2.05, 4.69) is 54.4 Å². The Bertz CT molecular complexity index is 426. The summed E-state index contributed by atoms with van der Waals surface area (Å²) in [7, 11) is 0. The summed E-state index contributed by atoms with van der Waals surface area (Å²) >= 11 is 0. The van der Waals surface area contributed by atoms with Gasteiger partial charge in [-0.2, -0.15) is 0 Å². The van der Waals surface area contributed by atoms with Crippen molar-refractivity contribution in [3.05, 3.63) is 35.9 Å². The highest BCUT2D eigenvalue weighted by Crippen LogP contribution is 2.31. The van der Waals surface area contributed by atoms with Crippen molar-refractivity contribution in [3.63, 3.8) is 0 Å². The van der Waals surface area contributed by atoms with Crippen LogP contribution in [0.5, 0.6) is 0 Å². The topological polar surface area (TPSA) is 24.5 Å². The highest BCUT2D eigenvalue weighted by atomic mass is 16.5. The Labute approximate surface area is 122 Å². The zero-order valence-corrected chi connectivity index (χ0v) is 12.6. The minimum Gasteiger partial charge on any atom is -0.380 e. The average Bonchev–Trinajstić information content (AvgIpc) is 2.48. The molecule has 0 bridgehead atoms. The third-order valence-electron chi connectivity index (χ3n) is 4.54. The fraction of sp³-hybridized carbons (Fsp3) is 0.647. The first-order chi connectivity index (χ1) is 9.66. The minimum atomic E-state index is 0.183. The van der Waals surface area contributed by atoms with E-state index in [1.807, 2.05) is 0 Å². The molecule has 20 heavy (non-hydrogen) atoms. The second-order valence-electron chi connectivity index (χ2n) is 6.73. The van der Waals surface area contributed by atoms with E-state index in [4.69, 9.17) is 4.74 Å². The third-order valence-corrected chi connectivity index (χ3v) is 4.54. The van der Waals surface area contributed by atoms with Crippen LogP contribution in [0.1, 0.15) is 38.3 Å². The van der Waals surface area contributed by atoms with E-state index in [9.17, 15) is 0 Å². The van der Waals surface area contributed by atoms with E-state index in [1.54, 1.807) is 0 Å². The van der Waals surface area contributed by atoms with E-state index >= 15 is 0 Å². The van der Waals surface area contributed by atoms with Crippen LogP contribution >= 0.6 is 0 Å². The summed E-state index contributed by atoms with van der Waals surface area (Å²) in [5.74, 6) is 0. The molecule has 2 aliphatic rings.